The molecule has 2 saturated heterocycles. The number of rotatable bonds is 7. The van der Waals surface area contributed by atoms with Gasteiger partial charge in [0.05, 0.1) is 19.1 Å². The van der Waals surface area contributed by atoms with Crippen LogP contribution in [-0.4, -0.2) is 116 Å². The van der Waals surface area contributed by atoms with Crippen LogP contribution >= 0.6 is 0 Å². The molecule has 0 unspecified atom stereocenters. The van der Waals surface area contributed by atoms with Gasteiger partial charge in [-0.15, -0.1) is 0 Å². The van der Waals surface area contributed by atoms with Crippen molar-refractivity contribution in [2.45, 2.75) is 81.7 Å². The van der Waals surface area contributed by atoms with E-state index in [-0.39, 0.29) is 0 Å². The van der Waals surface area contributed by atoms with E-state index >= 15 is 0 Å². The van der Waals surface area contributed by atoms with Crippen LogP contribution in [0.25, 0.3) is 0 Å². The number of hydrogen-bond donors (Lipinski definition) is 7. The van der Waals surface area contributed by atoms with Gasteiger partial charge < -0.3 is 54.7 Å². The minimum atomic E-state index is -1.76. The molecule has 0 aromatic rings. The summed E-state index contributed by atoms with van der Waals surface area (Å²) in [5.74, 6) is -1.18. The summed E-state index contributed by atoms with van der Waals surface area (Å²) in [6.07, 6.45) is -15.2. The van der Waals surface area contributed by atoms with Crippen molar-refractivity contribution in [2.24, 2.45) is 5.92 Å². The highest BCUT2D eigenvalue weighted by atomic mass is 16.8. The molecule has 12 nitrogen and oxygen atoms in total. The molecule has 2 rings (SSSR count). The fourth-order valence-electron chi connectivity index (χ4n) is 3.03. The van der Waals surface area contributed by atoms with Gasteiger partial charge in [0.15, 0.2) is 18.7 Å². The number of ether oxygens (including phenoxy) is 4. The molecule has 7 N–H and O–H groups in total. The molecule has 29 heavy (non-hydrogen) atoms. The third-order valence-electron chi connectivity index (χ3n) is 5.21. The van der Waals surface area contributed by atoms with E-state index in [1.807, 2.05) is 0 Å². The second-order valence-corrected chi connectivity index (χ2v) is 7.25. The van der Waals surface area contributed by atoms with Crippen LogP contribution in [0.1, 0.15) is 20.3 Å². The molecule has 2 aliphatic rings. The largest absolute Gasteiger partial charge is 0.456 e. The van der Waals surface area contributed by atoms with Crippen molar-refractivity contribution in [2.75, 3.05) is 13.2 Å². The van der Waals surface area contributed by atoms with Crippen molar-refractivity contribution in [1.29, 1.82) is 0 Å². The van der Waals surface area contributed by atoms with E-state index in [0.29, 0.717) is 6.42 Å². The Balaban J connectivity index is 2.15. The van der Waals surface area contributed by atoms with E-state index in [1.165, 1.54) is 0 Å². The summed E-state index contributed by atoms with van der Waals surface area (Å²) in [4.78, 5) is 12.1. The molecule has 12 heteroatoms. The van der Waals surface area contributed by atoms with Crippen LogP contribution in [-0.2, 0) is 23.7 Å². The molecule has 11 atom stereocenters. The summed E-state index contributed by atoms with van der Waals surface area (Å²) in [7, 11) is 0. The van der Waals surface area contributed by atoms with Crippen molar-refractivity contribution in [3.8, 4) is 0 Å². The summed E-state index contributed by atoms with van der Waals surface area (Å²) in [5.41, 5.74) is 0. The van der Waals surface area contributed by atoms with E-state index in [1.54, 1.807) is 13.8 Å². The highest BCUT2D eigenvalue weighted by Gasteiger charge is 2.51. The molecule has 170 valence electrons. The van der Waals surface area contributed by atoms with Crippen LogP contribution < -0.4 is 0 Å². The van der Waals surface area contributed by atoms with Gasteiger partial charge in [-0.1, -0.05) is 13.8 Å². The van der Waals surface area contributed by atoms with Crippen LogP contribution in [0.4, 0.5) is 0 Å². The number of carbonyl (C=O) groups excluding carboxylic acids is 1. The Morgan fingerprint density at radius 3 is 1.90 bits per heavy atom. The van der Waals surface area contributed by atoms with Gasteiger partial charge in [-0.2, -0.15) is 0 Å². The Morgan fingerprint density at radius 1 is 0.862 bits per heavy atom. The Bertz CT molecular complexity index is 531. The first-order valence-electron chi connectivity index (χ1n) is 9.45. The van der Waals surface area contributed by atoms with Gasteiger partial charge in [0.25, 0.3) is 0 Å². The summed E-state index contributed by atoms with van der Waals surface area (Å²) in [5, 5.41) is 69.2. The molecule has 2 aliphatic heterocycles. The highest BCUT2D eigenvalue weighted by Crippen LogP contribution is 2.29. The van der Waals surface area contributed by atoms with E-state index < -0.39 is 86.5 Å². The molecular formula is C17H30O12. The van der Waals surface area contributed by atoms with Crippen LogP contribution in [0.3, 0.4) is 0 Å². The normalized spacial score (nSPS) is 44.3. The van der Waals surface area contributed by atoms with E-state index in [4.69, 9.17) is 18.9 Å². The average Bonchev–Trinajstić information content (AvgIpc) is 2.72. The molecule has 0 aromatic heterocycles. The van der Waals surface area contributed by atoms with Gasteiger partial charge in [-0.3, -0.25) is 4.79 Å². The van der Waals surface area contributed by atoms with Gasteiger partial charge in [0.2, 0.25) is 0 Å². The molecule has 2 fully saturated rings. The Labute approximate surface area is 167 Å². The van der Waals surface area contributed by atoms with Crippen LogP contribution in [0.15, 0.2) is 0 Å². The molecule has 2 heterocycles. The number of aliphatic hydroxyl groups is 7. The maximum Gasteiger partial charge on any atom is 0.309 e. The Hall–Kier alpha value is -0.930. The van der Waals surface area contributed by atoms with Crippen molar-refractivity contribution in [1.82, 2.24) is 0 Å². The summed E-state index contributed by atoms with van der Waals surface area (Å²) in [6.45, 7) is 1.97. The number of carbonyl (C=O) groups is 1. The lowest BCUT2D eigenvalue weighted by Gasteiger charge is -2.45. The minimum absolute atomic E-state index is 0.461. The van der Waals surface area contributed by atoms with Gasteiger partial charge in [-0.25, -0.2) is 0 Å². The van der Waals surface area contributed by atoms with Crippen LogP contribution in [0.5, 0.6) is 0 Å². The first-order chi connectivity index (χ1) is 13.7. The zero-order chi connectivity index (χ0) is 21.9. The zero-order valence-corrected chi connectivity index (χ0v) is 16.1. The minimum Gasteiger partial charge on any atom is -0.456 e. The summed E-state index contributed by atoms with van der Waals surface area (Å²) < 4.78 is 21.0. The van der Waals surface area contributed by atoms with Crippen molar-refractivity contribution in [3.63, 3.8) is 0 Å². The number of aliphatic hydroxyl groups excluding tert-OH is 7. The lowest BCUT2D eigenvalue weighted by atomic mass is 9.97. The molecule has 0 radical (unpaired) electrons. The molecular weight excluding hydrogens is 396 g/mol. The summed E-state index contributed by atoms with van der Waals surface area (Å²) >= 11 is 0. The lowest BCUT2D eigenvalue weighted by molar-refractivity contribution is -0.376. The molecule has 0 saturated carbocycles. The maximum atomic E-state index is 12.1. The Kier molecular flexibility index (Phi) is 8.72. The molecule has 0 spiro atoms. The molecule has 0 amide bonds. The van der Waals surface area contributed by atoms with Crippen LogP contribution in [0.2, 0.25) is 0 Å². The monoisotopic (exact) mass is 426 g/mol. The zero-order valence-electron chi connectivity index (χ0n) is 16.1. The standard InChI is InChI=1S/C17H30O12/c1-3-6(2)15(25)28-14-10(21)8(5-19)27-17(13(14)24)29-16-12(23)11(22)9(20)7(4-18)26-16/h6-14,16-24H,3-5H2,1-2H3/t6-,7-,8-,9-,10-,11+,12-,13-,14+,16-,17-/m1/s1. The SMILES string of the molecule is CC[C@@H](C)C(=O)O[C@@H]1[C@@H](O)[C@@H](O[C@H]2O[C@H](CO)[C@@H](O)[C@H](O)[C@H]2O)O[C@H](CO)[C@H]1O. The van der Waals surface area contributed by atoms with Crippen molar-refractivity contribution >= 4 is 5.97 Å². The predicted molar refractivity (Wildman–Crippen MR) is 91.9 cm³/mol. The van der Waals surface area contributed by atoms with Crippen molar-refractivity contribution in [3.05, 3.63) is 0 Å². The van der Waals surface area contributed by atoms with Crippen LogP contribution in [0, 0.1) is 5.92 Å². The van der Waals surface area contributed by atoms with Gasteiger partial charge in [-0.05, 0) is 6.42 Å². The fraction of sp³-hybridized carbons (Fsp3) is 0.941. The second-order valence-electron chi connectivity index (χ2n) is 7.25. The van der Waals surface area contributed by atoms with E-state index in [9.17, 15) is 40.5 Å². The molecule has 0 bridgehead atoms. The highest BCUT2D eigenvalue weighted by molar-refractivity contribution is 5.72. The van der Waals surface area contributed by atoms with E-state index in [2.05, 4.69) is 0 Å². The van der Waals surface area contributed by atoms with Gasteiger partial charge >= 0.3 is 5.97 Å². The van der Waals surface area contributed by atoms with Gasteiger partial charge in [0.1, 0.15) is 42.7 Å². The van der Waals surface area contributed by atoms with Crippen molar-refractivity contribution < 1.29 is 59.5 Å². The molecule has 0 aromatic carbocycles. The fourth-order valence-corrected chi connectivity index (χ4v) is 3.03. The Morgan fingerprint density at radius 2 is 1.38 bits per heavy atom. The smallest absolute Gasteiger partial charge is 0.309 e. The number of esters is 1. The second kappa shape index (κ2) is 10.4. The molecule has 0 aliphatic carbocycles. The lowest BCUT2D eigenvalue weighted by Crippen LogP contribution is -2.64. The quantitative estimate of drug-likeness (QED) is 0.196. The first kappa shape index (κ1) is 24.3. The first-order valence-corrected chi connectivity index (χ1v) is 9.45. The topological polar surface area (TPSA) is 196 Å². The number of hydrogen-bond acceptors (Lipinski definition) is 12. The average molecular weight is 426 g/mol. The van der Waals surface area contributed by atoms with Gasteiger partial charge in [0, 0.05) is 0 Å². The third kappa shape index (κ3) is 5.22. The maximum absolute atomic E-state index is 12.1. The third-order valence-corrected chi connectivity index (χ3v) is 5.21. The van der Waals surface area contributed by atoms with E-state index in [0.717, 1.165) is 0 Å². The predicted octanol–water partition coefficient (Wildman–Crippen LogP) is -3.80. The summed E-state index contributed by atoms with van der Waals surface area (Å²) in [6, 6.07) is 0.